The molecule has 0 aromatic heterocycles. The predicted octanol–water partition coefficient (Wildman–Crippen LogP) is 1.66. The Labute approximate surface area is 106 Å². The van der Waals surface area contributed by atoms with E-state index in [0.717, 1.165) is 24.8 Å². The number of benzene rings is 1. The molecule has 2 unspecified atom stereocenters. The molecular weight excluding hydrogens is 231 g/mol. The number of halogens is 1. The quantitative estimate of drug-likeness (QED) is 0.881. The Morgan fingerprint density at radius 1 is 1.33 bits per heavy atom. The van der Waals surface area contributed by atoms with Crippen molar-refractivity contribution in [2.24, 2.45) is 11.7 Å². The van der Waals surface area contributed by atoms with Crippen molar-refractivity contribution in [3.8, 4) is 0 Å². The molecule has 2 aliphatic rings. The molecule has 96 valence electrons. The smallest absolute Gasteiger partial charge is 0.227 e. The minimum Gasteiger partial charge on any atom is -0.335 e. The van der Waals surface area contributed by atoms with E-state index in [9.17, 15) is 9.18 Å². The van der Waals surface area contributed by atoms with Gasteiger partial charge in [-0.3, -0.25) is 4.79 Å². The molecule has 1 amide bonds. The summed E-state index contributed by atoms with van der Waals surface area (Å²) in [5.41, 5.74) is 6.72. The zero-order chi connectivity index (χ0) is 12.7. The van der Waals surface area contributed by atoms with Gasteiger partial charge in [0.2, 0.25) is 5.91 Å². The molecule has 4 heteroatoms. The van der Waals surface area contributed by atoms with Crippen molar-refractivity contribution >= 4 is 5.91 Å². The van der Waals surface area contributed by atoms with E-state index < -0.39 is 0 Å². The molecule has 1 aromatic carbocycles. The summed E-state index contributed by atoms with van der Waals surface area (Å²) in [4.78, 5) is 14.2. The Kier molecular flexibility index (Phi) is 2.82. The summed E-state index contributed by atoms with van der Waals surface area (Å²) in [6.45, 7) is 0.576. The Morgan fingerprint density at radius 3 is 2.44 bits per heavy atom. The summed E-state index contributed by atoms with van der Waals surface area (Å²) in [6, 6.07) is 6.78. The van der Waals surface area contributed by atoms with E-state index in [1.54, 1.807) is 12.1 Å². The predicted molar refractivity (Wildman–Crippen MR) is 66.1 cm³/mol. The molecule has 2 saturated carbocycles. The van der Waals surface area contributed by atoms with Gasteiger partial charge in [0.05, 0.1) is 5.92 Å². The Hall–Kier alpha value is -1.42. The molecule has 3 rings (SSSR count). The Balaban J connectivity index is 1.70. The molecule has 2 fully saturated rings. The summed E-state index contributed by atoms with van der Waals surface area (Å²) >= 11 is 0. The van der Waals surface area contributed by atoms with Crippen molar-refractivity contribution in [1.29, 1.82) is 0 Å². The van der Waals surface area contributed by atoms with Crippen LogP contribution in [-0.4, -0.2) is 22.9 Å². The number of hydrogen-bond donors (Lipinski definition) is 1. The van der Waals surface area contributed by atoms with Crippen LogP contribution in [0.3, 0.4) is 0 Å². The van der Waals surface area contributed by atoms with Crippen LogP contribution in [0.15, 0.2) is 24.3 Å². The fourth-order valence-corrected chi connectivity index (χ4v) is 2.27. The topological polar surface area (TPSA) is 46.3 Å². The maximum atomic E-state index is 12.8. The molecule has 2 N–H and O–H groups in total. The third-order valence-corrected chi connectivity index (χ3v) is 3.69. The van der Waals surface area contributed by atoms with Gasteiger partial charge >= 0.3 is 0 Å². The van der Waals surface area contributed by atoms with Crippen LogP contribution in [0.5, 0.6) is 0 Å². The SMILES string of the molecule is NC1CC1C(=O)N(Cc1ccc(F)cc1)C1CC1. The van der Waals surface area contributed by atoms with Crippen molar-refractivity contribution in [3.63, 3.8) is 0 Å². The number of hydrogen-bond acceptors (Lipinski definition) is 2. The van der Waals surface area contributed by atoms with Crippen molar-refractivity contribution < 1.29 is 9.18 Å². The zero-order valence-electron chi connectivity index (χ0n) is 10.2. The molecule has 0 bridgehead atoms. The molecular formula is C14H17FN2O. The van der Waals surface area contributed by atoms with Crippen LogP contribution < -0.4 is 5.73 Å². The largest absolute Gasteiger partial charge is 0.335 e. The minimum absolute atomic E-state index is 0.0195. The fraction of sp³-hybridized carbons (Fsp3) is 0.500. The molecule has 0 saturated heterocycles. The summed E-state index contributed by atoms with van der Waals surface area (Å²) in [5, 5.41) is 0. The summed E-state index contributed by atoms with van der Waals surface area (Å²) in [6.07, 6.45) is 2.97. The Morgan fingerprint density at radius 2 is 1.94 bits per heavy atom. The molecule has 18 heavy (non-hydrogen) atoms. The van der Waals surface area contributed by atoms with Crippen LogP contribution in [0.1, 0.15) is 24.8 Å². The van der Waals surface area contributed by atoms with E-state index in [-0.39, 0.29) is 23.7 Å². The van der Waals surface area contributed by atoms with Crippen molar-refractivity contribution in [2.45, 2.75) is 37.9 Å². The first-order chi connectivity index (χ1) is 8.65. The molecule has 0 spiro atoms. The first-order valence-electron chi connectivity index (χ1n) is 6.45. The maximum absolute atomic E-state index is 12.8. The highest BCUT2D eigenvalue weighted by molar-refractivity contribution is 5.83. The second kappa shape index (κ2) is 4.35. The highest BCUT2D eigenvalue weighted by atomic mass is 19.1. The Bertz CT molecular complexity index is 455. The summed E-state index contributed by atoms with van der Waals surface area (Å²) in [5.74, 6) is -0.0485. The van der Waals surface area contributed by atoms with Gasteiger partial charge in [0.25, 0.3) is 0 Å². The van der Waals surface area contributed by atoms with Crippen LogP contribution in [0.4, 0.5) is 4.39 Å². The van der Waals surface area contributed by atoms with Gasteiger partial charge in [0.1, 0.15) is 5.82 Å². The zero-order valence-corrected chi connectivity index (χ0v) is 10.2. The van der Waals surface area contributed by atoms with Gasteiger partial charge in [-0.25, -0.2) is 4.39 Å². The average molecular weight is 248 g/mol. The number of nitrogens with two attached hydrogens (primary N) is 1. The van der Waals surface area contributed by atoms with Crippen LogP contribution in [0.2, 0.25) is 0 Å². The monoisotopic (exact) mass is 248 g/mol. The highest BCUT2D eigenvalue weighted by Crippen LogP contribution is 2.36. The van der Waals surface area contributed by atoms with Gasteiger partial charge in [0.15, 0.2) is 0 Å². The van der Waals surface area contributed by atoms with Crippen molar-refractivity contribution in [1.82, 2.24) is 4.90 Å². The molecule has 2 aliphatic carbocycles. The first kappa shape index (κ1) is 11.7. The van der Waals surface area contributed by atoms with Crippen LogP contribution in [0.25, 0.3) is 0 Å². The van der Waals surface area contributed by atoms with E-state index in [0.29, 0.717) is 12.6 Å². The molecule has 3 nitrogen and oxygen atoms in total. The van der Waals surface area contributed by atoms with Gasteiger partial charge in [0, 0.05) is 18.6 Å². The van der Waals surface area contributed by atoms with E-state index in [1.807, 2.05) is 4.90 Å². The fourth-order valence-electron chi connectivity index (χ4n) is 2.27. The third kappa shape index (κ3) is 2.38. The number of rotatable bonds is 4. The third-order valence-electron chi connectivity index (χ3n) is 3.69. The van der Waals surface area contributed by atoms with E-state index in [2.05, 4.69) is 0 Å². The summed E-state index contributed by atoms with van der Waals surface area (Å²) < 4.78 is 12.8. The average Bonchev–Trinajstić information content (AvgIpc) is 3.23. The second-order valence-corrected chi connectivity index (χ2v) is 5.33. The molecule has 2 atom stereocenters. The maximum Gasteiger partial charge on any atom is 0.227 e. The number of nitrogens with zero attached hydrogens (tertiary/aromatic N) is 1. The van der Waals surface area contributed by atoms with Crippen LogP contribution in [0, 0.1) is 11.7 Å². The molecule has 1 aromatic rings. The number of amides is 1. The number of carbonyl (C=O) groups excluding carboxylic acids is 1. The van der Waals surface area contributed by atoms with Crippen LogP contribution >= 0.6 is 0 Å². The van der Waals surface area contributed by atoms with Crippen molar-refractivity contribution in [3.05, 3.63) is 35.6 Å². The van der Waals surface area contributed by atoms with E-state index in [1.165, 1.54) is 12.1 Å². The summed E-state index contributed by atoms with van der Waals surface area (Å²) in [7, 11) is 0. The van der Waals surface area contributed by atoms with E-state index >= 15 is 0 Å². The standard InChI is InChI=1S/C14H17FN2O/c15-10-3-1-9(2-4-10)8-17(11-5-6-11)14(18)12-7-13(12)16/h1-4,11-13H,5-8,16H2. The first-order valence-corrected chi connectivity index (χ1v) is 6.45. The van der Waals surface area contributed by atoms with Gasteiger partial charge in [-0.05, 0) is 37.0 Å². The molecule has 0 radical (unpaired) electrons. The van der Waals surface area contributed by atoms with Crippen molar-refractivity contribution in [2.75, 3.05) is 0 Å². The molecule has 0 aliphatic heterocycles. The normalized spacial score (nSPS) is 25.9. The second-order valence-electron chi connectivity index (χ2n) is 5.33. The van der Waals surface area contributed by atoms with Gasteiger partial charge in [-0.15, -0.1) is 0 Å². The van der Waals surface area contributed by atoms with Gasteiger partial charge in [-0.1, -0.05) is 12.1 Å². The molecule has 0 heterocycles. The lowest BCUT2D eigenvalue weighted by Crippen LogP contribution is -2.35. The van der Waals surface area contributed by atoms with Gasteiger partial charge in [-0.2, -0.15) is 0 Å². The van der Waals surface area contributed by atoms with Gasteiger partial charge < -0.3 is 10.6 Å². The van der Waals surface area contributed by atoms with E-state index in [4.69, 9.17) is 5.73 Å². The number of carbonyl (C=O) groups is 1. The lowest BCUT2D eigenvalue weighted by atomic mass is 10.2. The lowest BCUT2D eigenvalue weighted by molar-refractivity contribution is -0.133. The lowest BCUT2D eigenvalue weighted by Gasteiger charge is -2.22. The minimum atomic E-state index is -0.243. The highest BCUT2D eigenvalue weighted by Gasteiger charge is 2.45. The van der Waals surface area contributed by atoms with Crippen LogP contribution in [-0.2, 0) is 11.3 Å².